The Morgan fingerprint density at radius 1 is 0.581 bits per heavy atom. The van der Waals surface area contributed by atoms with Gasteiger partial charge in [-0.25, -0.2) is 0 Å². The molecule has 0 aliphatic rings. The predicted octanol–water partition coefficient (Wildman–Crippen LogP) is 7.18. The molecule has 0 radical (unpaired) electrons. The summed E-state index contributed by atoms with van der Waals surface area (Å²) in [5.41, 5.74) is 9.45. The van der Waals surface area contributed by atoms with Crippen LogP contribution in [0.5, 0.6) is 0 Å². The number of hydrogen-bond donors (Lipinski definition) is 0. The average Bonchev–Trinajstić information content (AvgIpc) is 2.80. The zero-order valence-corrected chi connectivity index (χ0v) is 20.2. The van der Waals surface area contributed by atoms with Crippen LogP contribution in [0.2, 0.25) is 0 Å². The van der Waals surface area contributed by atoms with Crippen molar-refractivity contribution in [3.05, 3.63) is 94.5 Å². The maximum Gasteiger partial charge on any atom is 0.0369 e. The molecular weight excluding hydrogens is 376 g/mol. The van der Waals surface area contributed by atoms with Crippen molar-refractivity contribution in [3.63, 3.8) is 0 Å². The molecule has 0 atom stereocenters. The van der Waals surface area contributed by atoms with Crippen molar-refractivity contribution in [2.75, 3.05) is 36.0 Å². The van der Waals surface area contributed by atoms with E-state index >= 15 is 0 Å². The maximum atomic E-state index is 2.43. The summed E-state index contributed by atoms with van der Waals surface area (Å²) in [6.45, 7) is 17.5. The Kier molecular flexibility index (Phi) is 7.79. The van der Waals surface area contributed by atoms with E-state index in [2.05, 4.69) is 118 Å². The molecule has 0 aliphatic heterocycles. The van der Waals surface area contributed by atoms with E-state index in [4.69, 9.17) is 0 Å². The van der Waals surface area contributed by atoms with E-state index < -0.39 is 0 Å². The third-order valence-electron chi connectivity index (χ3n) is 6.54. The summed E-state index contributed by atoms with van der Waals surface area (Å²) in [4.78, 5) is 4.87. The van der Waals surface area contributed by atoms with Gasteiger partial charge in [0, 0.05) is 43.5 Å². The Morgan fingerprint density at radius 2 is 1.00 bits per heavy atom. The van der Waals surface area contributed by atoms with Crippen LogP contribution < -0.4 is 9.80 Å². The zero-order chi connectivity index (χ0) is 22.4. The number of nitrogens with zero attached hydrogens (tertiary/aromatic N) is 2. The average molecular weight is 415 g/mol. The number of anilines is 2. The summed E-state index contributed by atoms with van der Waals surface area (Å²) in [5.74, 6) is 0.215. The highest BCUT2D eigenvalue weighted by atomic mass is 15.1. The Bertz CT molecular complexity index is 908. The van der Waals surface area contributed by atoms with Gasteiger partial charge in [0.25, 0.3) is 0 Å². The van der Waals surface area contributed by atoms with Gasteiger partial charge in [-0.3, -0.25) is 0 Å². The van der Waals surface area contributed by atoms with Crippen LogP contribution in [0.4, 0.5) is 11.4 Å². The van der Waals surface area contributed by atoms with Crippen molar-refractivity contribution in [2.45, 2.75) is 47.5 Å². The highest BCUT2D eigenvalue weighted by Crippen LogP contribution is 2.38. The quantitative estimate of drug-likeness (QED) is 0.342. The number of rotatable bonds is 9. The molecule has 3 aromatic carbocycles. The minimum Gasteiger partial charge on any atom is -0.372 e. The second-order valence-corrected chi connectivity index (χ2v) is 8.27. The molecule has 3 rings (SSSR count). The molecule has 2 heteroatoms. The Hall–Kier alpha value is -2.74. The molecule has 0 saturated carbocycles. The van der Waals surface area contributed by atoms with Crippen LogP contribution in [0, 0.1) is 13.8 Å². The van der Waals surface area contributed by atoms with Gasteiger partial charge < -0.3 is 9.80 Å². The first-order valence-electron chi connectivity index (χ1n) is 11.8. The van der Waals surface area contributed by atoms with Crippen LogP contribution in [0.15, 0.2) is 66.7 Å². The molecule has 0 N–H and O–H groups in total. The summed E-state index contributed by atoms with van der Waals surface area (Å²) in [6.07, 6.45) is 0. The molecule has 0 aliphatic carbocycles. The fourth-order valence-corrected chi connectivity index (χ4v) is 4.62. The van der Waals surface area contributed by atoms with E-state index in [-0.39, 0.29) is 5.92 Å². The minimum absolute atomic E-state index is 0.215. The van der Waals surface area contributed by atoms with Gasteiger partial charge in [0.15, 0.2) is 0 Å². The fourth-order valence-electron chi connectivity index (χ4n) is 4.62. The SMILES string of the molecule is CCN(CC)c1ccc(C)c(C(c2ccccc2)c2cc(N(CC)CC)ccc2C)c1. The van der Waals surface area contributed by atoms with Crippen LogP contribution >= 0.6 is 0 Å². The Balaban J connectivity index is 2.23. The van der Waals surface area contributed by atoms with Gasteiger partial charge in [-0.05, 0) is 93.6 Å². The molecule has 31 heavy (non-hydrogen) atoms. The lowest BCUT2D eigenvalue weighted by Gasteiger charge is -2.28. The molecule has 0 spiro atoms. The Labute approximate surface area is 189 Å². The van der Waals surface area contributed by atoms with Gasteiger partial charge >= 0.3 is 0 Å². The van der Waals surface area contributed by atoms with Crippen molar-refractivity contribution in [2.24, 2.45) is 0 Å². The lowest BCUT2D eigenvalue weighted by molar-refractivity contribution is 0.855. The lowest BCUT2D eigenvalue weighted by Crippen LogP contribution is -2.23. The fraction of sp³-hybridized carbons (Fsp3) is 0.379. The summed E-state index contributed by atoms with van der Waals surface area (Å²) >= 11 is 0. The third-order valence-corrected chi connectivity index (χ3v) is 6.54. The number of hydrogen-bond acceptors (Lipinski definition) is 2. The van der Waals surface area contributed by atoms with E-state index in [1.165, 1.54) is 39.2 Å². The number of aryl methyl sites for hydroxylation is 2. The van der Waals surface area contributed by atoms with Crippen molar-refractivity contribution < 1.29 is 0 Å². The lowest BCUT2D eigenvalue weighted by atomic mass is 9.81. The number of benzene rings is 3. The minimum atomic E-state index is 0.215. The van der Waals surface area contributed by atoms with Crippen LogP contribution in [-0.4, -0.2) is 26.2 Å². The van der Waals surface area contributed by atoms with Gasteiger partial charge in [-0.1, -0.05) is 42.5 Å². The van der Waals surface area contributed by atoms with Crippen molar-refractivity contribution in [1.29, 1.82) is 0 Å². The molecule has 2 nitrogen and oxygen atoms in total. The second kappa shape index (κ2) is 10.5. The van der Waals surface area contributed by atoms with Gasteiger partial charge in [0.1, 0.15) is 0 Å². The normalized spacial score (nSPS) is 11.1. The van der Waals surface area contributed by atoms with Crippen molar-refractivity contribution in [3.8, 4) is 0 Å². The van der Waals surface area contributed by atoms with Crippen molar-refractivity contribution >= 4 is 11.4 Å². The summed E-state index contributed by atoms with van der Waals surface area (Å²) < 4.78 is 0. The molecule has 164 valence electrons. The first-order valence-corrected chi connectivity index (χ1v) is 11.8. The summed E-state index contributed by atoms with van der Waals surface area (Å²) in [7, 11) is 0. The standard InChI is InChI=1S/C29H38N2/c1-7-30(8-2)25-18-16-22(5)27(20-25)29(24-14-12-11-13-15-24)28-21-26(19-17-23(28)6)31(9-3)10-4/h11-21,29H,7-10H2,1-6H3. The molecular formula is C29H38N2. The second-order valence-electron chi connectivity index (χ2n) is 8.27. The molecule has 0 amide bonds. The topological polar surface area (TPSA) is 6.48 Å². The smallest absolute Gasteiger partial charge is 0.0369 e. The molecule has 0 bridgehead atoms. The highest BCUT2D eigenvalue weighted by Gasteiger charge is 2.22. The van der Waals surface area contributed by atoms with Crippen LogP contribution in [-0.2, 0) is 0 Å². The largest absolute Gasteiger partial charge is 0.372 e. The van der Waals surface area contributed by atoms with E-state index in [0.717, 1.165) is 26.2 Å². The van der Waals surface area contributed by atoms with Gasteiger partial charge in [0.05, 0.1) is 0 Å². The van der Waals surface area contributed by atoms with E-state index in [1.807, 2.05) is 0 Å². The van der Waals surface area contributed by atoms with Gasteiger partial charge in [0.2, 0.25) is 0 Å². The maximum absolute atomic E-state index is 2.43. The van der Waals surface area contributed by atoms with Crippen LogP contribution in [0.1, 0.15) is 61.4 Å². The summed E-state index contributed by atoms with van der Waals surface area (Å²) in [5, 5.41) is 0. The Morgan fingerprint density at radius 3 is 1.39 bits per heavy atom. The van der Waals surface area contributed by atoms with E-state index in [0.29, 0.717) is 0 Å². The van der Waals surface area contributed by atoms with Crippen LogP contribution in [0.3, 0.4) is 0 Å². The van der Waals surface area contributed by atoms with Crippen LogP contribution in [0.25, 0.3) is 0 Å². The van der Waals surface area contributed by atoms with E-state index in [9.17, 15) is 0 Å². The zero-order valence-electron chi connectivity index (χ0n) is 20.2. The third kappa shape index (κ3) is 4.95. The highest BCUT2D eigenvalue weighted by molar-refractivity contribution is 5.60. The molecule has 0 aromatic heterocycles. The molecule has 0 unspecified atom stereocenters. The molecule has 0 heterocycles. The monoisotopic (exact) mass is 414 g/mol. The van der Waals surface area contributed by atoms with Crippen molar-refractivity contribution in [1.82, 2.24) is 0 Å². The van der Waals surface area contributed by atoms with Gasteiger partial charge in [-0.2, -0.15) is 0 Å². The first-order chi connectivity index (χ1) is 15.0. The molecule has 0 fully saturated rings. The molecule has 3 aromatic rings. The summed E-state index contributed by atoms with van der Waals surface area (Å²) in [6, 6.07) is 25.0. The molecule has 0 saturated heterocycles. The predicted molar refractivity (Wildman–Crippen MR) is 137 cm³/mol. The first kappa shape index (κ1) is 22.9. The van der Waals surface area contributed by atoms with E-state index in [1.54, 1.807) is 0 Å². The van der Waals surface area contributed by atoms with Gasteiger partial charge in [-0.15, -0.1) is 0 Å².